The van der Waals surface area contributed by atoms with Crippen LogP contribution >= 0.6 is 0 Å². The van der Waals surface area contributed by atoms with E-state index in [4.69, 9.17) is 4.74 Å². The number of nitrogens with zero attached hydrogens (tertiary/aromatic N) is 2. The molecule has 1 saturated heterocycles. The number of aryl methyl sites for hydroxylation is 1. The summed E-state index contributed by atoms with van der Waals surface area (Å²) in [5.41, 5.74) is 0. The van der Waals surface area contributed by atoms with Crippen LogP contribution in [0.1, 0.15) is 25.3 Å². The third-order valence-electron chi connectivity index (χ3n) is 3.20. The molecule has 0 aliphatic carbocycles. The van der Waals surface area contributed by atoms with Crippen LogP contribution in [0.25, 0.3) is 0 Å². The van der Waals surface area contributed by atoms with Gasteiger partial charge in [0, 0.05) is 25.5 Å². The van der Waals surface area contributed by atoms with Gasteiger partial charge in [0.05, 0.1) is 6.04 Å². The number of nitrogens with one attached hydrogen (secondary N) is 2. The summed E-state index contributed by atoms with van der Waals surface area (Å²) in [5, 5.41) is 0. The molecule has 0 unspecified atom stereocenters. The normalized spacial score (nSPS) is 23.1. The van der Waals surface area contributed by atoms with E-state index in [1.165, 1.54) is 4.72 Å². The van der Waals surface area contributed by atoms with Crippen LogP contribution in [0.4, 0.5) is 13.2 Å². The fraction of sp³-hybridized carbons (Fsp3) is 0.727. The van der Waals surface area contributed by atoms with E-state index < -0.39 is 35.1 Å². The zero-order valence-corrected chi connectivity index (χ0v) is 12.6. The number of hydrogen-bond donors (Lipinski definition) is 2. The Morgan fingerprint density at radius 1 is 1.50 bits per heavy atom. The van der Waals surface area contributed by atoms with Gasteiger partial charge < -0.3 is 9.30 Å². The van der Waals surface area contributed by atoms with Crippen LogP contribution in [0.15, 0.2) is 12.4 Å². The largest absolute Gasteiger partial charge is 0.402 e. The first kappa shape index (κ1) is 17.2. The summed E-state index contributed by atoms with van der Waals surface area (Å²) in [5.74, 6) is 0.545. The lowest BCUT2D eigenvalue weighted by atomic mass is 10.1. The highest BCUT2D eigenvalue weighted by atomic mass is 32.2. The Hall–Kier alpha value is -1.17. The fourth-order valence-corrected chi connectivity index (χ4v) is 3.30. The van der Waals surface area contributed by atoms with Crippen molar-refractivity contribution in [1.29, 1.82) is 0 Å². The van der Waals surface area contributed by atoms with Crippen molar-refractivity contribution in [2.24, 2.45) is 0 Å². The molecule has 0 aromatic carbocycles. The number of imidazole rings is 1. The summed E-state index contributed by atoms with van der Waals surface area (Å²) < 4.78 is 70.7. The SMILES string of the molecule is CCn1ccnc1[C@H]1OCC[C@@H]1NS(=O)(=O)NCC(F)(F)F. The molecule has 2 atom stereocenters. The van der Waals surface area contributed by atoms with Crippen LogP contribution in [0.2, 0.25) is 0 Å². The van der Waals surface area contributed by atoms with Crippen molar-refractivity contribution in [1.82, 2.24) is 19.0 Å². The standard InChI is InChI=1S/C11H17F3N4O3S/c1-2-18-5-4-15-10(18)9-8(3-6-21-9)17-22(19,20)16-7-11(12,13)14/h4-5,8-9,16-17H,2-3,6-7H2,1H3/t8-,9-/m0/s1. The lowest BCUT2D eigenvalue weighted by Crippen LogP contribution is -2.46. The predicted molar refractivity (Wildman–Crippen MR) is 71.1 cm³/mol. The molecule has 1 aromatic rings. The van der Waals surface area contributed by atoms with Gasteiger partial charge in [0.15, 0.2) is 0 Å². The number of alkyl halides is 3. The second-order valence-corrected chi connectivity index (χ2v) is 6.35. The van der Waals surface area contributed by atoms with E-state index in [2.05, 4.69) is 9.71 Å². The van der Waals surface area contributed by atoms with Crippen LogP contribution in [-0.4, -0.2) is 43.3 Å². The highest BCUT2D eigenvalue weighted by Crippen LogP contribution is 2.28. The lowest BCUT2D eigenvalue weighted by molar-refractivity contribution is -0.121. The first-order chi connectivity index (χ1) is 10.2. The van der Waals surface area contributed by atoms with Crippen LogP contribution in [-0.2, 0) is 21.5 Å². The Kier molecular flexibility index (Phi) is 5.10. The highest BCUT2D eigenvalue weighted by Gasteiger charge is 2.36. The Morgan fingerprint density at radius 3 is 2.86 bits per heavy atom. The van der Waals surface area contributed by atoms with Gasteiger partial charge in [-0.1, -0.05) is 0 Å². The van der Waals surface area contributed by atoms with E-state index in [0.717, 1.165) is 0 Å². The second kappa shape index (κ2) is 6.52. The van der Waals surface area contributed by atoms with Crippen molar-refractivity contribution in [2.45, 2.75) is 38.2 Å². The van der Waals surface area contributed by atoms with E-state index in [1.54, 1.807) is 17.0 Å². The molecule has 1 fully saturated rings. The molecule has 0 radical (unpaired) electrons. The predicted octanol–water partition coefficient (Wildman–Crippen LogP) is 0.719. The fourth-order valence-electron chi connectivity index (χ4n) is 2.23. The van der Waals surface area contributed by atoms with Gasteiger partial charge in [-0.2, -0.15) is 31.0 Å². The first-order valence-corrected chi connectivity index (χ1v) is 8.16. The van der Waals surface area contributed by atoms with Gasteiger partial charge in [-0.25, -0.2) is 4.98 Å². The van der Waals surface area contributed by atoms with Gasteiger partial charge >= 0.3 is 6.18 Å². The third kappa shape index (κ3) is 4.41. The molecule has 2 rings (SSSR count). The van der Waals surface area contributed by atoms with E-state index in [-0.39, 0.29) is 0 Å². The molecule has 2 heterocycles. The van der Waals surface area contributed by atoms with E-state index in [9.17, 15) is 21.6 Å². The molecule has 22 heavy (non-hydrogen) atoms. The number of rotatable bonds is 6. The van der Waals surface area contributed by atoms with Crippen molar-refractivity contribution in [2.75, 3.05) is 13.2 Å². The lowest BCUT2D eigenvalue weighted by Gasteiger charge is -2.20. The van der Waals surface area contributed by atoms with Crippen molar-refractivity contribution < 1.29 is 26.3 Å². The molecule has 0 spiro atoms. The van der Waals surface area contributed by atoms with Crippen LogP contribution < -0.4 is 9.44 Å². The summed E-state index contributed by atoms with van der Waals surface area (Å²) in [6, 6.07) is -0.668. The molecule has 2 N–H and O–H groups in total. The number of halogens is 3. The maximum atomic E-state index is 12.1. The third-order valence-corrected chi connectivity index (χ3v) is 4.34. The summed E-state index contributed by atoms with van der Waals surface area (Å²) in [4.78, 5) is 4.14. The maximum Gasteiger partial charge on any atom is 0.402 e. The molecule has 126 valence electrons. The minimum absolute atomic E-state index is 0.299. The zero-order chi connectivity index (χ0) is 16.4. The number of ether oxygens (including phenoxy) is 1. The average Bonchev–Trinajstić information content (AvgIpc) is 3.03. The van der Waals surface area contributed by atoms with Crippen molar-refractivity contribution in [3.05, 3.63) is 18.2 Å². The van der Waals surface area contributed by atoms with Gasteiger partial charge in [-0.15, -0.1) is 0 Å². The minimum Gasteiger partial charge on any atom is -0.369 e. The summed E-state index contributed by atoms with van der Waals surface area (Å²) >= 11 is 0. The van der Waals surface area contributed by atoms with Crippen LogP contribution in [0.5, 0.6) is 0 Å². The smallest absolute Gasteiger partial charge is 0.369 e. The van der Waals surface area contributed by atoms with Crippen LogP contribution in [0.3, 0.4) is 0 Å². The van der Waals surface area contributed by atoms with Gasteiger partial charge in [0.25, 0.3) is 10.2 Å². The quantitative estimate of drug-likeness (QED) is 0.798. The molecule has 7 nitrogen and oxygen atoms in total. The molecule has 0 amide bonds. The Bertz CT molecular complexity index is 602. The summed E-state index contributed by atoms with van der Waals surface area (Å²) in [6.45, 7) is 1.20. The van der Waals surface area contributed by atoms with E-state index in [0.29, 0.717) is 25.4 Å². The van der Waals surface area contributed by atoms with Gasteiger partial charge in [-0.3, -0.25) is 0 Å². The van der Waals surface area contributed by atoms with Gasteiger partial charge in [0.2, 0.25) is 0 Å². The van der Waals surface area contributed by atoms with Crippen molar-refractivity contribution in [3.8, 4) is 0 Å². The molecule has 11 heteroatoms. The number of hydrogen-bond acceptors (Lipinski definition) is 4. The highest BCUT2D eigenvalue weighted by molar-refractivity contribution is 7.87. The average molecular weight is 342 g/mol. The molecule has 0 saturated carbocycles. The Balaban J connectivity index is 2.05. The molecule has 1 aromatic heterocycles. The van der Waals surface area contributed by atoms with Crippen LogP contribution in [0, 0.1) is 0 Å². The van der Waals surface area contributed by atoms with Gasteiger partial charge in [0.1, 0.15) is 18.5 Å². The molecule has 1 aliphatic rings. The van der Waals surface area contributed by atoms with E-state index in [1.807, 2.05) is 6.92 Å². The minimum atomic E-state index is -4.61. The topological polar surface area (TPSA) is 85.2 Å². The zero-order valence-electron chi connectivity index (χ0n) is 11.8. The summed E-state index contributed by atoms with van der Waals surface area (Å²) in [6.07, 6.45) is -1.59. The number of aromatic nitrogens is 2. The molecule has 0 bridgehead atoms. The molecular formula is C11H17F3N4O3S. The Morgan fingerprint density at radius 2 is 2.23 bits per heavy atom. The Labute approximate surface area is 126 Å². The maximum absolute atomic E-state index is 12.1. The van der Waals surface area contributed by atoms with Crippen molar-refractivity contribution in [3.63, 3.8) is 0 Å². The first-order valence-electron chi connectivity index (χ1n) is 6.68. The monoisotopic (exact) mass is 342 g/mol. The van der Waals surface area contributed by atoms with E-state index >= 15 is 0 Å². The van der Waals surface area contributed by atoms with Gasteiger partial charge in [-0.05, 0) is 13.3 Å². The van der Waals surface area contributed by atoms with Crippen molar-refractivity contribution >= 4 is 10.2 Å². The molecular weight excluding hydrogens is 325 g/mol. The second-order valence-electron chi connectivity index (χ2n) is 4.82. The summed E-state index contributed by atoms with van der Waals surface area (Å²) in [7, 11) is -4.28. The molecule has 1 aliphatic heterocycles.